The minimum atomic E-state index is 0.674. The van der Waals surface area contributed by atoms with Crippen molar-refractivity contribution in [2.75, 3.05) is 13.1 Å². The summed E-state index contributed by atoms with van der Waals surface area (Å²) >= 11 is 0. The van der Waals surface area contributed by atoms with Crippen LogP contribution in [0.4, 0.5) is 0 Å². The number of rotatable bonds is 9. The van der Waals surface area contributed by atoms with Crippen LogP contribution in [-0.4, -0.2) is 36.1 Å². The molecule has 1 fully saturated rings. The first-order valence-corrected chi connectivity index (χ1v) is 7.14. The maximum absolute atomic E-state index is 3.64. The van der Waals surface area contributed by atoms with Gasteiger partial charge in [0, 0.05) is 24.7 Å². The summed E-state index contributed by atoms with van der Waals surface area (Å²) in [6.45, 7) is 11.7. The molecule has 0 aliphatic heterocycles. The van der Waals surface area contributed by atoms with Crippen LogP contribution in [0.1, 0.15) is 59.8 Å². The first kappa shape index (κ1) is 14.0. The van der Waals surface area contributed by atoms with Crippen LogP contribution in [0.15, 0.2) is 0 Å². The molecule has 1 atom stereocenters. The van der Waals surface area contributed by atoms with Crippen LogP contribution in [-0.2, 0) is 0 Å². The second-order valence-corrected chi connectivity index (χ2v) is 5.57. The van der Waals surface area contributed by atoms with E-state index in [0.29, 0.717) is 12.1 Å². The van der Waals surface area contributed by atoms with Crippen molar-refractivity contribution in [3.8, 4) is 0 Å². The molecule has 2 nitrogen and oxygen atoms in total. The van der Waals surface area contributed by atoms with Gasteiger partial charge in [-0.25, -0.2) is 0 Å². The Hall–Kier alpha value is -0.0800. The van der Waals surface area contributed by atoms with Gasteiger partial charge in [0.2, 0.25) is 0 Å². The van der Waals surface area contributed by atoms with Gasteiger partial charge in [-0.05, 0) is 46.6 Å². The fraction of sp³-hybridized carbons (Fsp3) is 1.00. The van der Waals surface area contributed by atoms with E-state index in [9.17, 15) is 0 Å². The Labute approximate surface area is 102 Å². The Bertz CT molecular complexity index is 176. The second kappa shape index (κ2) is 7.29. The lowest BCUT2D eigenvalue weighted by Gasteiger charge is -2.33. The minimum Gasteiger partial charge on any atom is -0.312 e. The monoisotopic (exact) mass is 226 g/mol. The molecule has 0 spiro atoms. The summed E-state index contributed by atoms with van der Waals surface area (Å²) in [7, 11) is 0. The predicted octanol–water partition coefficient (Wildman–Crippen LogP) is 3.03. The van der Waals surface area contributed by atoms with Crippen molar-refractivity contribution in [1.82, 2.24) is 10.2 Å². The molecule has 0 amide bonds. The molecule has 1 unspecified atom stereocenters. The first-order valence-electron chi connectivity index (χ1n) is 7.14. The number of unbranched alkanes of at least 4 members (excludes halogenated alkanes) is 2. The van der Waals surface area contributed by atoms with Crippen molar-refractivity contribution in [1.29, 1.82) is 0 Å². The maximum atomic E-state index is 3.64. The van der Waals surface area contributed by atoms with Gasteiger partial charge in [0.25, 0.3) is 0 Å². The Morgan fingerprint density at radius 1 is 1.19 bits per heavy atom. The zero-order valence-corrected chi connectivity index (χ0v) is 11.6. The van der Waals surface area contributed by atoms with E-state index in [4.69, 9.17) is 0 Å². The zero-order valence-electron chi connectivity index (χ0n) is 11.6. The molecule has 16 heavy (non-hydrogen) atoms. The summed E-state index contributed by atoms with van der Waals surface area (Å²) in [4.78, 5) is 2.64. The molecule has 1 aliphatic carbocycles. The summed E-state index contributed by atoms with van der Waals surface area (Å²) in [5.41, 5.74) is 0. The molecule has 0 aromatic carbocycles. The molecule has 1 saturated carbocycles. The Kier molecular flexibility index (Phi) is 6.37. The number of nitrogens with zero attached hydrogens (tertiary/aromatic N) is 1. The van der Waals surface area contributed by atoms with Crippen LogP contribution >= 0.6 is 0 Å². The minimum absolute atomic E-state index is 0.674. The van der Waals surface area contributed by atoms with Crippen LogP contribution in [0, 0.1) is 0 Å². The molecule has 0 radical (unpaired) electrons. The summed E-state index contributed by atoms with van der Waals surface area (Å²) < 4.78 is 0. The SMILES string of the molecule is CCCCCN(C(C)C)C(C)CNC1CC1. The molecule has 0 saturated heterocycles. The summed E-state index contributed by atoms with van der Waals surface area (Å²) in [5.74, 6) is 0. The van der Waals surface area contributed by atoms with Gasteiger partial charge < -0.3 is 5.32 Å². The molecule has 1 aliphatic rings. The Morgan fingerprint density at radius 3 is 2.38 bits per heavy atom. The zero-order chi connectivity index (χ0) is 12.0. The van der Waals surface area contributed by atoms with Gasteiger partial charge in [-0.3, -0.25) is 4.90 Å². The maximum Gasteiger partial charge on any atom is 0.0195 e. The highest BCUT2D eigenvalue weighted by Crippen LogP contribution is 2.19. The van der Waals surface area contributed by atoms with Gasteiger partial charge >= 0.3 is 0 Å². The molecule has 0 bridgehead atoms. The molecule has 0 aromatic heterocycles. The largest absolute Gasteiger partial charge is 0.312 e. The normalized spacial score (nSPS) is 18.4. The molecular formula is C14H30N2. The third-order valence-electron chi connectivity index (χ3n) is 3.53. The Balaban J connectivity index is 2.22. The van der Waals surface area contributed by atoms with Crippen LogP contribution < -0.4 is 5.32 Å². The third kappa shape index (κ3) is 5.31. The topological polar surface area (TPSA) is 15.3 Å². The van der Waals surface area contributed by atoms with Crippen molar-refractivity contribution in [3.05, 3.63) is 0 Å². The van der Waals surface area contributed by atoms with Crippen LogP contribution in [0.25, 0.3) is 0 Å². The lowest BCUT2D eigenvalue weighted by molar-refractivity contribution is 0.157. The molecule has 1 N–H and O–H groups in total. The van der Waals surface area contributed by atoms with Crippen molar-refractivity contribution in [2.45, 2.75) is 77.9 Å². The molecule has 96 valence electrons. The van der Waals surface area contributed by atoms with E-state index in [2.05, 4.69) is 37.9 Å². The molecule has 0 heterocycles. The van der Waals surface area contributed by atoms with Gasteiger partial charge in [0.15, 0.2) is 0 Å². The summed E-state index contributed by atoms with van der Waals surface area (Å²) in [5, 5.41) is 3.64. The van der Waals surface area contributed by atoms with E-state index < -0.39 is 0 Å². The standard InChI is InChI=1S/C14H30N2/c1-5-6-7-10-16(12(2)3)13(4)11-15-14-8-9-14/h12-15H,5-11H2,1-4H3. The number of hydrogen-bond donors (Lipinski definition) is 1. The highest BCUT2D eigenvalue weighted by Gasteiger charge is 2.23. The van der Waals surface area contributed by atoms with Crippen LogP contribution in [0.3, 0.4) is 0 Å². The quantitative estimate of drug-likeness (QED) is 0.608. The fourth-order valence-corrected chi connectivity index (χ4v) is 2.27. The molecule has 2 heteroatoms. The first-order chi connectivity index (χ1) is 7.65. The lowest BCUT2D eigenvalue weighted by Crippen LogP contribution is -2.45. The van der Waals surface area contributed by atoms with E-state index in [0.717, 1.165) is 12.6 Å². The highest BCUT2D eigenvalue weighted by atomic mass is 15.2. The van der Waals surface area contributed by atoms with Crippen molar-refractivity contribution in [3.63, 3.8) is 0 Å². The van der Waals surface area contributed by atoms with E-state index in [1.54, 1.807) is 0 Å². The smallest absolute Gasteiger partial charge is 0.0195 e. The predicted molar refractivity (Wildman–Crippen MR) is 71.9 cm³/mol. The molecular weight excluding hydrogens is 196 g/mol. The van der Waals surface area contributed by atoms with Gasteiger partial charge in [-0.2, -0.15) is 0 Å². The van der Waals surface area contributed by atoms with Crippen LogP contribution in [0.5, 0.6) is 0 Å². The van der Waals surface area contributed by atoms with E-state index >= 15 is 0 Å². The highest BCUT2D eigenvalue weighted by molar-refractivity contribution is 4.83. The van der Waals surface area contributed by atoms with E-state index in [1.165, 1.54) is 38.6 Å². The van der Waals surface area contributed by atoms with Crippen molar-refractivity contribution < 1.29 is 0 Å². The molecule has 1 rings (SSSR count). The second-order valence-electron chi connectivity index (χ2n) is 5.57. The summed E-state index contributed by atoms with van der Waals surface area (Å²) in [6, 6.07) is 2.19. The molecule has 0 aromatic rings. The number of hydrogen-bond acceptors (Lipinski definition) is 2. The van der Waals surface area contributed by atoms with Gasteiger partial charge in [-0.15, -0.1) is 0 Å². The Morgan fingerprint density at radius 2 is 1.88 bits per heavy atom. The number of nitrogens with one attached hydrogen (secondary N) is 1. The van der Waals surface area contributed by atoms with Gasteiger partial charge in [0.05, 0.1) is 0 Å². The fourth-order valence-electron chi connectivity index (χ4n) is 2.27. The lowest BCUT2D eigenvalue weighted by atomic mass is 10.1. The van der Waals surface area contributed by atoms with E-state index in [-0.39, 0.29) is 0 Å². The average Bonchev–Trinajstić information content (AvgIpc) is 3.04. The van der Waals surface area contributed by atoms with Crippen molar-refractivity contribution in [2.24, 2.45) is 0 Å². The van der Waals surface area contributed by atoms with Gasteiger partial charge in [-0.1, -0.05) is 19.8 Å². The van der Waals surface area contributed by atoms with E-state index in [1.807, 2.05) is 0 Å². The average molecular weight is 226 g/mol. The summed E-state index contributed by atoms with van der Waals surface area (Å²) in [6.07, 6.45) is 6.82. The van der Waals surface area contributed by atoms with Crippen LogP contribution in [0.2, 0.25) is 0 Å². The third-order valence-corrected chi connectivity index (χ3v) is 3.53. The van der Waals surface area contributed by atoms with Gasteiger partial charge in [0.1, 0.15) is 0 Å². The van der Waals surface area contributed by atoms with Crippen molar-refractivity contribution >= 4 is 0 Å².